The topological polar surface area (TPSA) is 47.3 Å². The summed E-state index contributed by atoms with van der Waals surface area (Å²) in [7, 11) is 0. The maximum atomic E-state index is 9.94. The van der Waals surface area contributed by atoms with E-state index in [0.717, 1.165) is 31.4 Å². The van der Waals surface area contributed by atoms with E-state index in [9.17, 15) is 5.11 Å². The smallest absolute Gasteiger partial charge is 0.0920 e. The van der Waals surface area contributed by atoms with Gasteiger partial charge in [0.2, 0.25) is 0 Å². The molecule has 19 heavy (non-hydrogen) atoms. The van der Waals surface area contributed by atoms with Crippen molar-refractivity contribution in [1.29, 1.82) is 5.26 Å². The lowest BCUT2D eigenvalue weighted by Crippen LogP contribution is -2.33. The summed E-state index contributed by atoms with van der Waals surface area (Å²) < 4.78 is 15.7. The van der Waals surface area contributed by atoms with Crippen molar-refractivity contribution in [2.75, 3.05) is 11.9 Å². The fourth-order valence-corrected chi connectivity index (χ4v) is 2.67. The minimum Gasteiger partial charge on any atom is -0.387 e. The third kappa shape index (κ3) is 3.48. The van der Waals surface area contributed by atoms with Crippen molar-refractivity contribution in [3.8, 4) is 6.07 Å². The molecule has 2 rings (SSSR count). The SMILES string of the molecule is [2H]C([2H])N(c1cccc(C(O)CC#N)c1)C1CCCCC1. The minimum absolute atomic E-state index is 0.0536. The molecule has 3 nitrogen and oxygen atoms in total. The molecular weight excluding hydrogens is 236 g/mol. The third-order valence-corrected chi connectivity index (χ3v) is 3.81. The molecule has 1 saturated carbocycles. The molecule has 0 aromatic heterocycles. The van der Waals surface area contributed by atoms with E-state index in [0.29, 0.717) is 5.56 Å². The van der Waals surface area contributed by atoms with Gasteiger partial charge in [-0.1, -0.05) is 31.4 Å². The molecule has 1 N–H and O–H groups in total. The average molecular weight is 260 g/mol. The van der Waals surface area contributed by atoms with Gasteiger partial charge in [0.15, 0.2) is 0 Å². The van der Waals surface area contributed by atoms with Gasteiger partial charge in [-0.25, -0.2) is 0 Å². The first-order valence-electron chi connectivity index (χ1n) is 8.06. The molecule has 1 aromatic carbocycles. The van der Waals surface area contributed by atoms with Gasteiger partial charge in [0, 0.05) is 21.5 Å². The number of benzene rings is 1. The van der Waals surface area contributed by atoms with Crippen molar-refractivity contribution < 1.29 is 7.85 Å². The summed E-state index contributed by atoms with van der Waals surface area (Å²) in [5.41, 5.74) is 1.47. The van der Waals surface area contributed by atoms with Crippen LogP contribution < -0.4 is 4.90 Å². The first-order chi connectivity index (χ1) is 10.1. The van der Waals surface area contributed by atoms with E-state index >= 15 is 0 Å². The van der Waals surface area contributed by atoms with Crippen molar-refractivity contribution in [3.63, 3.8) is 0 Å². The molecule has 1 aromatic rings. The molecule has 0 saturated heterocycles. The average Bonchev–Trinajstić information content (AvgIpc) is 2.49. The predicted octanol–water partition coefficient (Wildman–Crippen LogP) is 3.40. The van der Waals surface area contributed by atoms with Gasteiger partial charge in [-0.15, -0.1) is 0 Å². The monoisotopic (exact) mass is 260 g/mol. The summed E-state index contributed by atoms with van der Waals surface area (Å²) in [6.45, 7) is -1.06. The number of rotatable bonds is 4. The van der Waals surface area contributed by atoms with Gasteiger partial charge >= 0.3 is 0 Å². The normalized spacial score (nSPS) is 19.4. The Morgan fingerprint density at radius 1 is 1.47 bits per heavy atom. The summed E-state index contributed by atoms with van der Waals surface area (Å²) >= 11 is 0. The van der Waals surface area contributed by atoms with Gasteiger partial charge < -0.3 is 10.0 Å². The highest BCUT2D eigenvalue weighted by Gasteiger charge is 2.19. The molecule has 0 radical (unpaired) electrons. The fourth-order valence-electron chi connectivity index (χ4n) is 2.67. The Hall–Kier alpha value is -1.53. The quantitative estimate of drug-likeness (QED) is 0.902. The number of aliphatic hydroxyl groups is 1. The Bertz CT molecular complexity index is 495. The van der Waals surface area contributed by atoms with Gasteiger partial charge in [0.25, 0.3) is 0 Å². The standard InChI is InChI=1S/C16H22N2O/c1-18(14-7-3-2-4-8-14)15-9-5-6-13(12-15)16(19)10-11-17/h5-6,9,12,14,16,19H,2-4,7-8,10H2,1H3/i1D2. The van der Waals surface area contributed by atoms with E-state index in [4.69, 9.17) is 8.00 Å². The summed E-state index contributed by atoms with van der Waals surface area (Å²) in [5, 5.41) is 18.6. The molecule has 102 valence electrons. The third-order valence-electron chi connectivity index (χ3n) is 3.81. The van der Waals surface area contributed by atoms with Crippen molar-refractivity contribution in [3.05, 3.63) is 29.8 Å². The maximum absolute atomic E-state index is 9.94. The molecule has 0 bridgehead atoms. The van der Waals surface area contributed by atoms with Crippen molar-refractivity contribution in [2.24, 2.45) is 0 Å². The molecule has 1 fully saturated rings. The number of hydrogen-bond acceptors (Lipinski definition) is 3. The zero-order chi connectivity index (χ0) is 15.2. The second-order valence-corrected chi connectivity index (χ2v) is 5.17. The van der Waals surface area contributed by atoms with Crippen LogP contribution in [0.4, 0.5) is 5.69 Å². The lowest BCUT2D eigenvalue weighted by molar-refractivity contribution is 0.183. The Morgan fingerprint density at radius 3 is 2.95 bits per heavy atom. The highest BCUT2D eigenvalue weighted by Crippen LogP contribution is 2.28. The molecule has 1 aliphatic carbocycles. The van der Waals surface area contributed by atoms with Crippen LogP contribution in [-0.4, -0.2) is 18.1 Å². The van der Waals surface area contributed by atoms with Crippen LogP contribution >= 0.6 is 0 Å². The van der Waals surface area contributed by atoms with Crippen LogP contribution in [0.2, 0.25) is 0 Å². The highest BCUT2D eigenvalue weighted by atomic mass is 16.3. The van der Waals surface area contributed by atoms with E-state index in [1.807, 2.05) is 29.2 Å². The summed E-state index contributed by atoms with van der Waals surface area (Å²) in [5.74, 6) is 0. The Balaban J connectivity index is 2.24. The molecule has 3 heteroatoms. The second kappa shape index (κ2) is 6.58. The van der Waals surface area contributed by atoms with Crippen LogP contribution in [0.5, 0.6) is 0 Å². The van der Waals surface area contributed by atoms with E-state index in [-0.39, 0.29) is 12.5 Å². The predicted molar refractivity (Wildman–Crippen MR) is 76.9 cm³/mol. The highest BCUT2D eigenvalue weighted by molar-refractivity contribution is 5.49. The van der Waals surface area contributed by atoms with Crippen LogP contribution in [0, 0.1) is 11.3 Å². The van der Waals surface area contributed by atoms with Crippen LogP contribution in [0.25, 0.3) is 0 Å². The van der Waals surface area contributed by atoms with Crippen molar-refractivity contribution >= 4 is 5.69 Å². The molecule has 0 spiro atoms. The summed E-state index contributed by atoms with van der Waals surface area (Å²) in [6, 6.07) is 9.49. The van der Waals surface area contributed by atoms with Crippen molar-refractivity contribution in [1.82, 2.24) is 0 Å². The largest absolute Gasteiger partial charge is 0.387 e. The fraction of sp³-hybridized carbons (Fsp3) is 0.562. The number of anilines is 1. The second-order valence-electron chi connectivity index (χ2n) is 5.17. The first-order valence-corrected chi connectivity index (χ1v) is 6.91. The van der Waals surface area contributed by atoms with Crippen LogP contribution in [-0.2, 0) is 0 Å². The van der Waals surface area contributed by atoms with Crippen LogP contribution in [0.15, 0.2) is 24.3 Å². The van der Waals surface area contributed by atoms with E-state index in [1.165, 1.54) is 6.42 Å². The van der Waals surface area contributed by atoms with E-state index in [2.05, 4.69) is 0 Å². The molecule has 1 unspecified atom stereocenters. The van der Waals surface area contributed by atoms with E-state index in [1.54, 1.807) is 6.07 Å². The molecule has 1 atom stereocenters. The lowest BCUT2D eigenvalue weighted by Gasteiger charge is -2.33. The molecular formula is C16H22N2O. The van der Waals surface area contributed by atoms with Gasteiger partial charge in [-0.2, -0.15) is 5.26 Å². The zero-order valence-corrected chi connectivity index (χ0v) is 11.1. The van der Waals surface area contributed by atoms with E-state index < -0.39 is 13.1 Å². The Morgan fingerprint density at radius 2 is 2.26 bits per heavy atom. The number of hydrogen-bond donors (Lipinski definition) is 1. The van der Waals surface area contributed by atoms with Crippen LogP contribution in [0.3, 0.4) is 0 Å². The van der Waals surface area contributed by atoms with Crippen molar-refractivity contribution in [2.45, 2.75) is 50.7 Å². The number of nitrogens with zero attached hydrogens (tertiary/aromatic N) is 2. The van der Waals surface area contributed by atoms with Gasteiger partial charge in [-0.05, 0) is 30.5 Å². The number of aliphatic hydroxyl groups excluding tert-OH is 1. The molecule has 0 amide bonds. The first kappa shape index (κ1) is 11.3. The number of nitriles is 1. The summed E-state index contributed by atoms with van der Waals surface area (Å²) in [4.78, 5) is 1.82. The zero-order valence-electron chi connectivity index (χ0n) is 13.1. The molecule has 1 aliphatic rings. The maximum Gasteiger partial charge on any atom is 0.0920 e. The Labute approximate surface area is 118 Å². The minimum atomic E-state index is -1.06. The van der Waals surface area contributed by atoms with Gasteiger partial charge in [0.1, 0.15) is 0 Å². The lowest BCUT2D eigenvalue weighted by atomic mass is 9.94. The molecule has 0 heterocycles. The van der Waals surface area contributed by atoms with Crippen LogP contribution in [0.1, 0.15) is 52.9 Å². The molecule has 0 aliphatic heterocycles. The van der Waals surface area contributed by atoms with Gasteiger partial charge in [0.05, 0.1) is 18.6 Å². The van der Waals surface area contributed by atoms with Gasteiger partial charge in [-0.3, -0.25) is 0 Å². The Kier molecular flexibility index (Phi) is 3.92. The summed E-state index contributed by atoms with van der Waals surface area (Å²) in [6.07, 6.45) is 4.79.